The van der Waals surface area contributed by atoms with Gasteiger partial charge in [-0.2, -0.15) is 8.78 Å². The molecule has 1 aromatic heterocycles. The van der Waals surface area contributed by atoms with Gasteiger partial charge < -0.3 is 10.1 Å². The van der Waals surface area contributed by atoms with Crippen LogP contribution in [0.2, 0.25) is 0 Å². The molecule has 1 aliphatic heterocycles. The number of alkyl halides is 2. The molecular formula is C19H15F2N3O4S. The van der Waals surface area contributed by atoms with E-state index in [2.05, 4.69) is 15.0 Å². The second-order valence-corrected chi connectivity index (χ2v) is 6.77. The molecule has 0 bridgehead atoms. The maximum atomic E-state index is 12.4. The van der Waals surface area contributed by atoms with Crippen LogP contribution >= 0.6 is 11.8 Å². The summed E-state index contributed by atoms with van der Waals surface area (Å²) < 4.78 is 28.6. The van der Waals surface area contributed by atoms with Crippen LogP contribution < -0.4 is 10.1 Å². The van der Waals surface area contributed by atoms with Crippen molar-refractivity contribution in [2.75, 3.05) is 13.1 Å². The molecule has 0 spiro atoms. The van der Waals surface area contributed by atoms with E-state index >= 15 is 0 Å². The summed E-state index contributed by atoms with van der Waals surface area (Å²) in [6, 6.07) is 8.79. The van der Waals surface area contributed by atoms with Gasteiger partial charge in [-0.3, -0.25) is 24.3 Å². The first kappa shape index (κ1) is 20.5. The van der Waals surface area contributed by atoms with E-state index in [1.807, 2.05) is 0 Å². The second-order valence-electron chi connectivity index (χ2n) is 5.77. The molecule has 29 heavy (non-hydrogen) atoms. The highest BCUT2D eigenvalue weighted by atomic mass is 32.2. The highest BCUT2D eigenvalue weighted by Crippen LogP contribution is 2.32. The van der Waals surface area contributed by atoms with Gasteiger partial charge in [0.1, 0.15) is 5.75 Å². The molecule has 1 aromatic carbocycles. The molecule has 0 unspecified atom stereocenters. The molecule has 3 rings (SSSR count). The zero-order valence-corrected chi connectivity index (χ0v) is 15.7. The Bertz CT molecular complexity index is 936. The normalized spacial score (nSPS) is 15.3. The van der Waals surface area contributed by atoms with Gasteiger partial charge >= 0.3 is 6.61 Å². The van der Waals surface area contributed by atoms with E-state index in [9.17, 15) is 23.2 Å². The van der Waals surface area contributed by atoms with Gasteiger partial charge in [-0.25, -0.2) is 0 Å². The number of carbonyl (C=O) groups excluding carboxylic acids is 3. The fraction of sp³-hybridized carbons (Fsp3) is 0.158. The number of nitrogens with one attached hydrogen (secondary N) is 1. The lowest BCUT2D eigenvalue weighted by atomic mass is 10.2. The van der Waals surface area contributed by atoms with E-state index in [1.165, 1.54) is 42.7 Å². The minimum absolute atomic E-state index is 0.00445. The lowest BCUT2D eigenvalue weighted by Crippen LogP contribution is -2.37. The first-order chi connectivity index (χ1) is 13.9. The van der Waals surface area contributed by atoms with Crippen LogP contribution in [0.15, 0.2) is 53.7 Å². The molecule has 3 amide bonds. The van der Waals surface area contributed by atoms with Crippen LogP contribution in [0.3, 0.4) is 0 Å². The Hall–Kier alpha value is -3.27. The molecule has 0 saturated carbocycles. The third kappa shape index (κ3) is 5.38. The summed E-state index contributed by atoms with van der Waals surface area (Å²) >= 11 is 0.773. The van der Waals surface area contributed by atoms with Gasteiger partial charge in [0.05, 0.1) is 4.91 Å². The van der Waals surface area contributed by atoms with Crippen molar-refractivity contribution in [1.29, 1.82) is 0 Å². The van der Waals surface area contributed by atoms with Gasteiger partial charge in [0.15, 0.2) is 0 Å². The number of hydrogen-bond donors (Lipinski definition) is 1. The number of hydrogen-bond acceptors (Lipinski definition) is 6. The van der Waals surface area contributed by atoms with Gasteiger partial charge in [0, 0.05) is 31.0 Å². The largest absolute Gasteiger partial charge is 0.435 e. The number of aromatic nitrogens is 1. The molecule has 7 nitrogen and oxygen atoms in total. The minimum Gasteiger partial charge on any atom is -0.435 e. The third-order valence-corrected chi connectivity index (χ3v) is 4.75. The van der Waals surface area contributed by atoms with Crippen molar-refractivity contribution in [1.82, 2.24) is 15.2 Å². The average Bonchev–Trinajstić information content (AvgIpc) is 2.97. The van der Waals surface area contributed by atoms with Crippen LogP contribution in [0.4, 0.5) is 13.6 Å². The summed E-state index contributed by atoms with van der Waals surface area (Å²) in [4.78, 5) is 41.6. The Morgan fingerprint density at radius 3 is 2.52 bits per heavy atom. The Morgan fingerprint density at radius 2 is 1.86 bits per heavy atom. The first-order valence-electron chi connectivity index (χ1n) is 8.42. The molecule has 1 saturated heterocycles. The zero-order chi connectivity index (χ0) is 20.8. The van der Waals surface area contributed by atoms with Crippen LogP contribution in [0, 0.1) is 0 Å². The van der Waals surface area contributed by atoms with Gasteiger partial charge in [0.25, 0.3) is 17.1 Å². The van der Waals surface area contributed by atoms with Crippen LogP contribution in [-0.4, -0.2) is 46.6 Å². The summed E-state index contributed by atoms with van der Waals surface area (Å²) in [7, 11) is 0. The standard InChI is InChI=1S/C19H15F2N3O4S/c20-18(21)28-14-3-1-12(2-4-14)11-15-17(26)24(19(27)29-15)10-9-23-16(25)13-5-7-22-8-6-13/h1-8,11,18H,9-10H2,(H,23,25). The average molecular weight is 419 g/mol. The Morgan fingerprint density at radius 1 is 1.17 bits per heavy atom. The first-order valence-corrected chi connectivity index (χ1v) is 9.24. The number of halogens is 2. The van der Waals surface area contributed by atoms with Crippen molar-refractivity contribution < 1.29 is 27.9 Å². The molecule has 2 aromatic rings. The van der Waals surface area contributed by atoms with Crippen molar-refractivity contribution in [2.45, 2.75) is 6.61 Å². The van der Waals surface area contributed by atoms with E-state index in [-0.39, 0.29) is 29.7 Å². The van der Waals surface area contributed by atoms with Gasteiger partial charge in [0.2, 0.25) is 0 Å². The van der Waals surface area contributed by atoms with E-state index in [0.29, 0.717) is 11.1 Å². The lowest BCUT2D eigenvalue weighted by Gasteiger charge is -2.13. The fourth-order valence-electron chi connectivity index (χ4n) is 2.48. The molecule has 2 heterocycles. The molecule has 10 heteroatoms. The molecule has 1 fully saturated rings. The second kappa shape index (κ2) is 9.28. The Kier molecular flexibility index (Phi) is 6.55. The fourth-order valence-corrected chi connectivity index (χ4v) is 3.34. The van der Waals surface area contributed by atoms with Crippen LogP contribution in [0.5, 0.6) is 5.75 Å². The van der Waals surface area contributed by atoms with E-state index in [4.69, 9.17) is 0 Å². The van der Waals surface area contributed by atoms with Gasteiger partial charge in [-0.15, -0.1) is 0 Å². The Balaban J connectivity index is 1.57. The zero-order valence-electron chi connectivity index (χ0n) is 14.9. The van der Waals surface area contributed by atoms with E-state index in [1.54, 1.807) is 12.1 Å². The molecule has 1 N–H and O–H groups in total. The van der Waals surface area contributed by atoms with Crippen molar-refractivity contribution >= 4 is 34.9 Å². The van der Waals surface area contributed by atoms with E-state index < -0.39 is 17.8 Å². The molecule has 1 aliphatic rings. The predicted molar refractivity (Wildman–Crippen MR) is 102 cm³/mol. The maximum Gasteiger partial charge on any atom is 0.387 e. The van der Waals surface area contributed by atoms with Crippen molar-refractivity contribution in [2.24, 2.45) is 0 Å². The third-order valence-electron chi connectivity index (χ3n) is 3.84. The van der Waals surface area contributed by atoms with Gasteiger partial charge in [-0.05, 0) is 47.7 Å². The summed E-state index contributed by atoms with van der Waals surface area (Å²) in [6.45, 7) is -2.79. The molecule has 0 atom stereocenters. The van der Waals surface area contributed by atoms with Crippen molar-refractivity contribution in [3.8, 4) is 5.75 Å². The summed E-state index contributed by atoms with van der Waals surface area (Å²) in [5, 5.41) is 2.19. The van der Waals surface area contributed by atoms with Crippen LogP contribution in [0.25, 0.3) is 6.08 Å². The number of ether oxygens (including phenoxy) is 1. The number of pyridine rings is 1. The Labute approximate surface area is 168 Å². The minimum atomic E-state index is -2.92. The number of imide groups is 1. The number of benzene rings is 1. The summed E-state index contributed by atoms with van der Waals surface area (Å²) in [5.74, 6) is -0.817. The number of nitrogens with zero attached hydrogens (tertiary/aromatic N) is 2. The molecule has 0 radical (unpaired) electrons. The topological polar surface area (TPSA) is 88.6 Å². The highest BCUT2D eigenvalue weighted by Gasteiger charge is 2.34. The smallest absolute Gasteiger partial charge is 0.387 e. The molecule has 0 aliphatic carbocycles. The number of thioether (sulfide) groups is 1. The van der Waals surface area contributed by atoms with Crippen LogP contribution in [-0.2, 0) is 4.79 Å². The van der Waals surface area contributed by atoms with Crippen LogP contribution in [0.1, 0.15) is 15.9 Å². The van der Waals surface area contributed by atoms with E-state index in [0.717, 1.165) is 16.7 Å². The number of carbonyl (C=O) groups is 3. The maximum absolute atomic E-state index is 12.4. The monoisotopic (exact) mass is 419 g/mol. The van der Waals surface area contributed by atoms with Gasteiger partial charge in [-0.1, -0.05) is 12.1 Å². The van der Waals surface area contributed by atoms with Crippen molar-refractivity contribution in [3.63, 3.8) is 0 Å². The summed E-state index contributed by atoms with van der Waals surface area (Å²) in [6.07, 6.45) is 4.47. The predicted octanol–water partition coefficient (Wildman–Crippen LogP) is 3.15. The number of amides is 3. The quantitative estimate of drug-likeness (QED) is 0.694. The number of rotatable bonds is 7. The lowest BCUT2D eigenvalue weighted by molar-refractivity contribution is -0.122. The summed E-state index contributed by atoms with van der Waals surface area (Å²) in [5.41, 5.74) is 0.983. The molecular weight excluding hydrogens is 404 g/mol. The SMILES string of the molecule is O=C(NCCN1C(=O)SC(=Cc2ccc(OC(F)F)cc2)C1=O)c1ccncc1. The van der Waals surface area contributed by atoms with Crippen molar-refractivity contribution in [3.05, 3.63) is 64.8 Å². The molecule has 150 valence electrons. The highest BCUT2D eigenvalue weighted by molar-refractivity contribution is 8.18.